The predicted octanol–water partition coefficient (Wildman–Crippen LogP) is 1.59. The highest BCUT2D eigenvalue weighted by Gasteiger charge is 2.43. The molecule has 1 atom stereocenters. The summed E-state index contributed by atoms with van der Waals surface area (Å²) in [4.78, 5) is 11.8. The molecule has 1 aliphatic heterocycles. The number of hydrogen-bond donors (Lipinski definition) is 2. The van der Waals surface area contributed by atoms with Gasteiger partial charge in [0.1, 0.15) is 0 Å². The van der Waals surface area contributed by atoms with E-state index >= 15 is 0 Å². The zero-order valence-electron chi connectivity index (χ0n) is 10.2. The van der Waals surface area contributed by atoms with E-state index in [9.17, 15) is 4.79 Å². The molecule has 1 unspecified atom stereocenters. The lowest BCUT2D eigenvalue weighted by atomic mass is 9.94. The Bertz CT molecular complexity index is 258. The van der Waals surface area contributed by atoms with Crippen LogP contribution in [0.25, 0.3) is 0 Å². The highest BCUT2D eigenvalue weighted by Crippen LogP contribution is 2.49. The van der Waals surface area contributed by atoms with Crippen LogP contribution in [-0.4, -0.2) is 30.1 Å². The van der Waals surface area contributed by atoms with Gasteiger partial charge in [-0.05, 0) is 30.6 Å². The van der Waals surface area contributed by atoms with Crippen molar-refractivity contribution in [2.75, 3.05) is 18.2 Å². The molecule has 2 rings (SSSR count). The second kappa shape index (κ2) is 4.96. The van der Waals surface area contributed by atoms with Crippen molar-refractivity contribution in [3.05, 3.63) is 0 Å². The summed E-state index contributed by atoms with van der Waals surface area (Å²) in [6.07, 6.45) is 3.83. The molecule has 16 heavy (non-hydrogen) atoms. The van der Waals surface area contributed by atoms with Gasteiger partial charge in [-0.3, -0.25) is 10.1 Å². The Morgan fingerprint density at radius 2 is 2.31 bits per heavy atom. The fourth-order valence-electron chi connectivity index (χ4n) is 2.46. The average Bonchev–Trinajstić information content (AvgIpc) is 2.80. The first-order chi connectivity index (χ1) is 7.61. The summed E-state index contributed by atoms with van der Waals surface area (Å²) in [6, 6.07) is 0.0415. The van der Waals surface area contributed by atoms with Gasteiger partial charge in [0, 0.05) is 18.2 Å². The lowest BCUT2D eigenvalue weighted by molar-refractivity contribution is -0.122. The van der Waals surface area contributed by atoms with Crippen molar-refractivity contribution in [2.45, 2.75) is 39.2 Å². The van der Waals surface area contributed by atoms with Crippen LogP contribution in [0.2, 0.25) is 0 Å². The standard InChI is InChI=1S/C12H22N2OS/c1-9(2)5-12(3-4-12)7-13-11(15)10-6-16-8-14-10/h9-10,14H,3-8H2,1-2H3,(H,13,15). The van der Waals surface area contributed by atoms with Gasteiger partial charge in [0.25, 0.3) is 0 Å². The van der Waals surface area contributed by atoms with Crippen molar-refractivity contribution < 1.29 is 4.79 Å². The third-order valence-corrected chi connectivity index (χ3v) is 4.41. The van der Waals surface area contributed by atoms with Crippen molar-refractivity contribution >= 4 is 17.7 Å². The van der Waals surface area contributed by atoms with Crippen LogP contribution in [0.1, 0.15) is 33.1 Å². The number of carbonyl (C=O) groups is 1. The molecule has 0 bridgehead atoms. The third-order valence-electron chi connectivity index (χ3n) is 3.47. The number of rotatable bonds is 5. The lowest BCUT2D eigenvalue weighted by Gasteiger charge is -2.19. The van der Waals surface area contributed by atoms with Gasteiger partial charge >= 0.3 is 0 Å². The summed E-state index contributed by atoms with van der Waals surface area (Å²) in [7, 11) is 0. The molecule has 4 heteroatoms. The molecule has 0 aromatic heterocycles. The van der Waals surface area contributed by atoms with Crippen LogP contribution in [-0.2, 0) is 4.79 Å². The molecule has 0 aromatic carbocycles. The first-order valence-corrected chi connectivity index (χ1v) is 7.36. The topological polar surface area (TPSA) is 41.1 Å². The van der Waals surface area contributed by atoms with Crippen molar-refractivity contribution in [3.8, 4) is 0 Å². The maximum absolute atomic E-state index is 11.8. The van der Waals surface area contributed by atoms with E-state index in [4.69, 9.17) is 0 Å². The first kappa shape index (κ1) is 12.2. The highest BCUT2D eigenvalue weighted by molar-refractivity contribution is 7.99. The van der Waals surface area contributed by atoms with Crippen LogP contribution in [0.3, 0.4) is 0 Å². The SMILES string of the molecule is CC(C)CC1(CNC(=O)C2CSCN2)CC1. The summed E-state index contributed by atoms with van der Waals surface area (Å²) in [6.45, 7) is 5.40. The maximum atomic E-state index is 11.8. The Morgan fingerprint density at radius 1 is 1.56 bits per heavy atom. The molecular formula is C12H22N2OS. The van der Waals surface area contributed by atoms with Crippen molar-refractivity contribution in [1.29, 1.82) is 0 Å². The smallest absolute Gasteiger partial charge is 0.238 e. The van der Waals surface area contributed by atoms with Gasteiger partial charge in [-0.1, -0.05) is 13.8 Å². The van der Waals surface area contributed by atoms with Gasteiger partial charge in [0.15, 0.2) is 0 Å². The summed E-state index contributed by atoms with van der Waals surface area (Å²) in [5, 5.41) is 6.32. The van der Waals surface area contributed by atoms with E-state index in [2.05, 4.69) is 24.5 Å². The number of nitrogens with one attached hydrogen (secondary N) is 2. The summed E-state index contributed by atoms with van der Waals surface area (Å²) in [5.74, 6) is 2.76. The Hall–Kier alpha value is -0.220. The van der Waals surface area contributed by atoms with Gasteiger partial charge in [0.2, 0.25) is 5.91 Å². The highest BCUT2D eigenvalue weighted by atomic mass is 32.2. The molecule has 2 N–H and O–H groups in total. The number of thioether (sulfide) groups is 1. The molecular weight excluding hydrogens is 220 g/mol. The molecule has 1 aliphatic carbocycles. The van der Waals surface area contributed by atoms with Gasteiger partial charge < -0.3 is 5.32 Å². The second-order valence-corrected chi connectivity index (χ2v) is 6.62. The van der Waals surface area contributed by atoms with E-state index in [1.54, 1.807) is 11.8 Å². The van der Waals surface area contributed by atoms with Crippen molar-refractivity contribution in [2.24, 2.45) is 11.3 Å². The molecule has 0 radical (unpaired) electrons. The van der Waals surface area contributed by atoms with Crippen molar-refractivity contribution in [3.63, 3.8) is 0 Å². The second-order valence-electron chi connectivity index (χ2n) is 5.59. The summed E-state index contributed by atoms with van der Waals surface area (Å²) >= 11 is 1.80. The quantitative estimate of drug-likeness (QED) is 0.769. The minimum atomic E-state index is 0.0415. The normalized spacial score (nSPS) is 27.1. The fourth-order valence-corrected chi connectivity index (χ4v) is 3.40. The van der Waals surface area contributed by atoms with Crippen LogP contribution in [0.5, 0.6) is 0 Å². The predicted molar refractivity (Wildman–Crippen MR) is 68.4 cm³/mol. The van der Waals surface area contributed by atoms with E-state index in [0.717, 1.165) is 24.1 Å². The largest absolute Gasteiger partial charge is 0.354 e. The third kappa shape index (κ3) is 3.14. The van der Waals surface area contributed by atoms with Crippen LogP contribution in [0, 0.1) is 11.3 Å². The Labute approximate surface area is 102 Å². The fraction of sp³-hybridized carbons (Fsp3) is 0.917. The van der Waals surface area contributed by atoms with Crippen molar-refractivity contribution in [1.82, 2.24) is 10.6 Å². The molecule has 3 nitrogen and oxygen atoms in total. The molecule has 1 heterocycles. The summed E-state index contributed by atoms with van der Waals surface area (Å²) < 4.78 is 0. The van der Waals surface area contributed by atoms with Crippen LogP contribution in [0.4, 0.5) is 0 Å². The molecule has 2 aliphatic rings. The van der Waals surface area contributed by atoms with E-state index in [1.807, 2.05) is 0 Å². The van der Waals surface area contributed by atoms with Gasteiger partial charge in [-0.2, -0.15) is 0 Å². The van der Waals surface area contributed by atoms with Crippen LogP contribution in [0.15, 0.2) is 0 Å². The maximum Gasteiger partial charge on any atom is 0.238 e. The van der Waals surface area contributed by atoms with E-state index in [-0.39, 0.29) is 11.9 Å². The molecule has 1 saturated carbocycles. The monoisotopic (exact) mass is 242 g/mol. The van der Waals surface area contributed by atoms with Gasteiger partial charge in [0.05, 0.1) is 6.04 Å². The number of carbonyl (C=O) groups excluding carboxylic acids is 1. The van der Waals surface area contributed by atoms with Crippen LogP contribution >= 0.6 is 11.8 Å². The number of hydrogen-bond acceptors (Lipinski definition) is 3. The minimum absolute atomic E-state index is 0.0415. The van der Waals surface area contributed by atoms with Crippen LogP contribution < -0.4 is 10.6 Å². The summed E-state index contributed by atoms with van der Waals surface area (Å²) in [5.41, 5.74) is 0.440. The molecule has 1 saturated heterocycles. The molecule has 92 valence electrons. The molecule has 1 amide bonds. The Balaban J connectivity index is 1.72. The molecule has 0 spiro atoms. The van der Waals surface area contributed by atoms with Gasteiger partial charge in [-0.15, -0.1) is 11.8 Å². The zero-order valence-corrected chi connectivity index (χ0v) is 11.0. The van der Waals surface area contributed by atoms with E-state index < -0.39 is 0 Å². The zero-order chi connectivity index (χ0) is 11.6. The lowest BCUT2D eigenvalue weighted by Crippen LogP contribution is -2.44. The molecule has 0 aromatic rings. The molecule has 2 fully saturated rings. The average molecular weight is 242 g/mol. The number of amides is 1. The van der Waals surface area contributed by atoms with E-state index in [1.165, 1.54) is 19.3 Å². The minimum Gasteiger partial charge on any atom is -0.354 e. The Kier molecular flexibility index (Phi) is 3.80. The Morgan fingerprint density at radius 3 is 2.81 bits per heavy atom. The van der Waals surface area contributed by atoms with Gasteiger partial charge in [-0.25, -0.2) is 0 Å². The first-order valence-electron chi connectivity index (χ1n) is 6.20. The van der Waals surface area contributed by atoms with E-state index in [0.29, 0.717) is 5.41 Å².